The van der Waals surface area contributed by atoms with Crippen LogP contribution in [0, 0.1) is 0 Å². The van der Waals surface area contributed by atoms with E-state index in [9.17, 15) is 13.2 Å². The van der Waals surface area contributed by atoms with Gasteiger partial charge in [0.05, 0.1) is 18.4 Å². The van der Waals surface area contributed by atoms with Crippen LogP contribution < -0.4 is 4.72 Å². The first-order valence-electron chi connectivity index (χ1n) is 10.2. The minimum absolute atomic E-state index is 0.246. The van der Waals surface area contributed by atoms with E-state index in [0.717, 1.165) is 22.9 Å². The normalized spacial score (nSPS) is 19.7. The van der Waals surface area contributed by atoms with Crippen LogP contribution >= 0.6 is 0 Å². The van der Waals surface area contributed by atoms with Gasteiger partial charge in [-0.1, -0.05) is 30.3 Å². The summed E-state index contributed by atoms with van der Waals surface area (Å²) in [7, 11) is -3.42. The summed E-state index contributed by atoms with van der Waals surface area (Å²) in [5.41, 5.74) is 2.97. The van der Waals surface area contributed by atoms with Gasteiger partial charge in [0.15, 0.2) is 0 Å². The van der Waals surface area contributed by atoms with E-state index >= 15 is 0 Å². The Labute approximate surface area is 178 Å². The van der Waals surface area contributed by atoms with Crippen molar-refractivity contribution >= 4 is 16.1 Å². The molecule has 1 fully saturated rings. The molecule has 1 aromatic carbocycles. The number of rotatable bonds is 6. The Bertz CT molecular complexity index is 963. The molecule has 30 heavy (non-hydrogen) atoms. The van der Waals surface area contributed by atoms with Crippen molar-refractivity contribution in [3.8, 4) is 11.1 Å². The van der Waals surface area contributed by atoms with Gasteiger partial charge in [0.2, 0.25) is 10.0 Å². The number of benzene rings is 1. The van der Waals surface area contributed by atoms with Crippen molar-refractivity contribution in [2.45, 2.75) is 51.3 Å². The second-order valence-corrected chi connectivity index (χ2v) is 9.76. The number of carbonyl (C=O) groups is 1. The van der Waals surface area contributed by atoms with Crippen LogP contribution in [0.25, 0.3) is 11.1 Å². The summed E-state index contributed by atoms with van der Waals surface area (Å²) < 4.78 is 32.0. The Morgan fingerprint density at radius 2 is 1.97 bits per heavy atom. The van der Waals surface area contributed by atoms with Gasteiger partial charge in [-0.05, 0) is 50.3 Å². The van der Waals surface area contributed by atoms with Crippen molar-refractivity contribution in [1.29, 1.82) is 0 Å². The first kappa shape index (κ1) is 22.2. The molecule has 0 saturated carbocycles. The summed E-state index contributed by atoms with van der Waals surface area (Å²) in [4.78, 5) is 18.7. The van der Waals surface area contributed by atoms with Gasteiger partial charge in [0.25, 0.3) is 0 Å². The van der Waals surface area contributed by atoms with Crippen LogP contribution in [0.4, 0.5) is 4.79 Å². The average molecular weight is 432 g/mol. The summed E-state index contributed by atoms with van der Waals surface area (Å²) in [5.74, 6) is 0. The van der Waals surface area contributed by atoms with Gasteiger partial charge in [0.1, 0.15) is 0 Å². The molecule has 0 bridgehead atoms. The van der Waals surface area contributed by atoms with E-state index < -0.39 is 16.1 Å². The van der Waals surface area contributed by atoms with Gasteiger partial charge in [-0.2, -0.15) is 0 Å². The highest BCUT2D eigenvalue weighted by molar-refractivity contribution is 7.88. The number of aromatic nitrogens is 1. The summed E-state index contributed by atoms with van der Waals surface area (Å²) in [6.07, 6.45) is 5.91. The number of likely N-dealkylation sites (tertiary alicyclic amines) is 1. The van der Waals surface area contributed by atoms with Gasteiger partial charge in [-0.15, -0.1) is 0 Å². The molecule has 0 radical (unpaired) electrons. The molecular formula is C22H29N3O4S. The summed E-state index contributed by atoms with van der Waals surface area (Å²) in [6.45, 7) is 4.14. The predicted molar refractivity (Wildman–Crippen MR) is 116 cm³/mol. The number of sulfonamides is 1. The number of nitrogens with one attached hydrogen (secondary N) is 1. The maximum atomic E-state index is 12.7. The highest BCUT2D eigenvalue weighted by Crippen LogP contribution is 2.25. The molecule has 1 aliphatic rings. The number of amides is 1. The highest BCUT2D eigenvalue weighted by Gasteiger charge is 2.37. The molecule has 0 unspecified atom stereocenters. The highest BCUT2D eigenvalue weighted by atomic mass is 32.2. The molecule has 1 aromatic heterocycles. The third-order valence-corrected chi connectivity index (χ3v) is 5.79. The maximum absolute atomic E-state index is 12.7. The molecule has 3 rings (SSSR count). The zero-order valence-corrected chi connectivity index (χ0v) is 18.4. The fourth-order valence-corrected chi connectivity index (χ4v) is 4.67. The van der Waals surface area contributed by atoms with Crippen molar-refractivity contribution < 1.29 is 17.9 Å². The molecule has 1 amide bonds. The third kappa shape index (κ3) is 6.03. The number of carbonyl (C=O) groups excluding carboxylic acids is 1. The van der Waals surface area contributed by atoms with Crippen LogP contribution in [0.3, 0.4) is 0 Å². The van der Waals surface area contributed by atoms with Crippen LogP contribution in [0.5, 0.6) is 0 Å². The Kier molecular flexibility index (Phi) is 7.10. The minimum atomic E-state index is -3.42. The Morgan fingerprint density at radius 1 is 1.23 bits per heavy atom. The van der Waals surface area contributed by atoms with Gasteiger partial charge >= 0.3 is 6.09 Å². The van der Waals surface area contributed by atoms with Gasteiger partial charge < -0.3 is 9.64 Å². The van der Waals surface area contributed by atoms with E-state index in [-0.39, 0.29) is 18.2 Å². The number of pyridine rings is 1. The molecule has 2 aromatic rings. The Morgan fingerprint density at radius 3 is 2.63 bits per heavy atom. The van der Waals surface area contributed by atoms with Crippen LogP contribution in [0.2, 0.25) is 0 Å². The topological polar surface area (TPSA) is 88.6 Å². The molecule has 0 spiro atoms. The van der Waals surface area contributed by atoms with Crippen LogP contribution in [-0.2, 0) is 21.2 Å². The maximum Gasteiger partial charge on any atom is 0.410 e. The molecule has 7 nitrogen and oxygen atoms in total. The van der Waals surface area contributed by atoms with Crippen LogP contribution in [0.15, 0.2) is 48.8 Å². The number of piperidine rings is 1. The van der Waals surface area contributed by atoms with Crippen molar-refractivity contribution in [1.82, 2.24) is 14.6 Å². The summed E-state index contributed by atoms with van der Waals surface area (Å²) >= 11 is 0. The predicted octanol–water partition coefficient (Wildman–Crippen LogP) is 3.22. The second kappa shape index (κ2) is 9.57. The molecule has 162 valence electrons. The first-order valence-corrected chi connectivity index (χ1v) is 12.1. The molecule has 8 heteroatoms. The van der Waals surface area contributed by atoms with E-state index in [4.69, 9.17) is 4.74 Å². The molecule has 1 aliphatic heterocycles. The van der Waals surface area contributed by atoms with Crippen LogP contribution in [0.1, 0.15) is 32.3 Å². The molecular weight excluding hydrogens is 402 g/mol. The van der Waals surface area contributed by atoms with E-state index in [1.807, 2.05) is 36.4 Å². The fraction of sp³-hybridized carbons (Fsp3) is 0.455. The first-order chi connectivity index (χ1) is 14.2. The Balaban J connectivity index is 1.89. The van der Waals surface area contributed by atoms with Gasteiger partial charge in [-0.3, -0.25) is 4.98 Å². The van der Waals surface area contributed by atoms with Crippen molar-refractivity contribution in [3.05, 3.63) is 54.4 Å². The lowest BCUT2D eigenvalue weighted by Gasteiger charge is -2.41. The smallest absolute Gasteiger partial charge is 0.410 e. The number of hydrogen-bond donors (Lipinski definition) is 1. The number of nitrogens with zero attached hydrogens (tertiary/aromatic N) is 2. The van der Waals surface area contributed by atoms with Crippen molar-refractivity contribution in [2.24, 2.45) is 0 Å². The SMILES string of the molecule is CC(C)OC(=O)N1CCC[C@H](NS(C)(=O)=O)[C@@H]1Cc1cncc(-c2ccccc2)c1. The van der Waals surface area contributed by atoms with Gasteiger partial charge in [-0.25, -0.2) is 17.9 Å². The number of hydrogen-bond acceptors (Lipinski definition) is 5. The number of ether oxygens (including phenoxy) is 1. The lowest BCUT2D eigenvalue weighted by atomic mass is 9.91. The van der Waals surface area contributed by atoms with E-state index in [1.165, 1.54) is 0 Å². The lowest BCUT2D eigenvalue weighted by molar-refractivity contribution is 0.0461. The quantitative estimate of drug-likeness (QED) is 0.759. The Hall–Kier alpha value is -2.45. The second-order valence-electron chi connectivity index (χ2n) is 7.98. The molecule has 1 N–H and O–H groups in total. The molecule has 0 aliphatic carbocycles. The van der Waals surface area contributed by atoms with E-state index in [0.29, 0.717) is 25.8 Å². The van der Waals surface area contributed by atoms with Gasteiger partial charge in [0, 0.05) is 30.5 Å². The van der Waals surface area contributed by atoms with E-state index in [2.05, 4.69) is 9.71 Å². The monoisotopic (exact) mass is 431 g/mol. The molecule has 1 saturated heterocycles. The summed E-state index contributed by atoms with van der Waals surface area (Å²) in [5, 5.41) is 0. The standard InChI is InChI=1S/C22H29N3O4S/c1-16(2)29-22(26)25-11-7-10-20(24-30(3,27)28)21(25)13-17-12-19(15-23-14-17)18-8-5-4-6-9-18/h4-6,8-9,12,14-16,20-21,24H,7,10-11,13H2,1-3H3/t20-,21-/m0/s1. The van der Waals surface area contributed by atoms with E-state index in [1.54, 1.807) is 31.1 Å². The fourth-order valence-electron chi connectivity index (χ4n) is 3.85. The van der Waals surface area contributed by atoms with Crippen LogP contribution in [-0.4, -0.2) is 55.4 Å². The average Bonchev–Trinajstić information content (AvgIpc) is 2.68. The lowest BCUT2D eigenvalue weighted by Crippen LogP contribution is -2.58. The largest absolute Gasteiger partial charge is 0.447 e. The summed E-state index contributed by atoms with van der Waals surface area (Å²) in [6, 6.07) is 11.2. The molecule has 2 atom stereocenters. The zero-order valence-electron chi connectivity index (χ0n) is 17.6. The van der Waals surface area contributed by atoms with Crippen molar-refractivity contribution in [3.63, 3.8) is 0 Å². The third-order valence-electron chi connectivity index (χ3n) is 5.06. The minimum Gasteiger partial charge on any atom is -0.447 e. The molecule has 2 heterocycles. The zero-order chi connectivity index (χ0) is 21.7. The van der Waals surface area contributed by atoms with Crippen molar-refractivity contribution in [2.75, 3.05) is 12.8 Å².